The monoisotopic (exact) mass is 482 g/mol. The number of carboxylic acids is 1. The van der Waals surface area contributed by atoms with Gasteiger partial charge in [0.15, 0.2) is 11.5 Å². The number of ether oxygens (including phenoxy) is 2. The zero-order chi connectivity index (χ0) is 24.6. The molecule has 0 radical (unpaired) electrons. The van der Waals surface area contributed by atoms with Gasteiger partial charge in [-0.15, -0.1) is 0 Å². The molecule has 10 heteroatoms. The number of likely N-dealkylation sites (tertiary alicyclic amines) is 1. The molecule has 1 fully saturated rings. The molecule has 0 spiro atoms. The molecule has 2 aliphatic heterocycles. The molecule has 1 aromatic carbocycles. The standard InChI is InChI=1S/C25H30N4O6/c30-23(5-3-11-27-22-4-1-2-10-26-22)29-12-8-17(9-13-29)25(33)28-19(15-24(31)32)18-6-7-20-21(14-18)35-16-34-20/h1-2,4,6-7,10,14,17,19H,3,5,8-9,11-13,15-16H2,(H,26,27)(H,28,33)(H,31,32). The van der Waals surface area contributed by atoms with Crippen LogP contribution in [0.3, 0.4) is 0 Å². The number of hydrogen-bond donors (Lipinski definition) is 3. The number of nitrogens with zero attached hydrogens (tertiary/aromatic N) is 2. The van der Waals surface area contributed by atoms with Crippen LogP contribution in [0, 0.1) is 5.92 Å². The van der Waals surface area contributed by atoms with Gasteiger partial charge in [-0.1, -0.05) is 12.1 Å². The van der Waals surface area contributed by atoms with E-state index in [4.69, 9.17) is 9.47 Å². The third kappa shape index (κ3) is 6.62. The molecule has 3 heterocycles. The molecule has 2 aliphatic rings. The maximum Gasteiger partial charge on any atom is 0.305 e. The first-order valence-electron chi connectivity index (χ1n) is 11.8. The van der Waals surface area contributed by atoms with Gasteiger partial charge in [-0.25, -0.2) is 4.98 Å². The summed E-state index contributed by atoms with van der Waals surface area (Å²) in [6.45, 7) is 1.80. The van der Waals surface area contributed by atoms with E-state index in [2.05, 4.69) is 15.6 Å². The molecule has 0 bridgehead atoms. The van der Waals surface area contributed by atoms with Crippen LogP contribution in [0.2, 0.25) is 0 Å². The Morgan fingerprint density at radius 3 is 2.66 bits per heavy atom. The topological polar surface area (TPSA) is 130 Å². The Labute approximate surface area is 203 Å². The molecule has 1 aromatic heterocycles. The quantitative estimate of drug-likeness (QED) is 0.441. The summed E-state index contributed by atoms with van der Waals surface area (Å²) >= 11 is 0. The van der Waals surface area contributed by atoms with Gasteiger partial charge < -0.3 is 30.1 Å². The van der Waals surface area contributed by atoms with E-state index in [0.717, 1.165) is 5.82 Å². The van der Waals surface area contributed by atoms with Crippen molar-refractivity contribution in [1.82, 2.24) is 15.2 Å². The lowest BCUT2D eigenvalue weighted by atomic mass is 9.94. The van der Waals surface area contributed by atoms with Gasteiger partial charge in [0.2, 0.25) is 18.6 Å². The largest absolute Gasteiger partial charge is 0.481 e. The SMILES string of the molecule is O=C(O)CC(NC(=O)C1CCN(C(=O)CCCNc2ccccn2)CC1)c1ccc2c(c1)OCO2. The molecule has 1 unspecified atom stereocenters. The maximum absolute atomic E-state index is 12.9. The van der Waals surface area contributed by atoms with Crippen LogP contribution in [0.15, 0.2) is 42.6 Å². The number of carbonyl (C=O) groups is 3. The molecule has 3 N–H and O–H groups in total. The lowest BCUT2D eigenvalue weighted by Gasteiger charge is -2.32. The van der Waals surface area contributed by atoms with Crippen molar-refractivity contribution in [3.05, 3.63) is 48.2 Å². The second-order valence-corrected chi connectivity index (χ2v) is 8.67. The fourth-order valence-corrected chi connectivity index (χ4v) is 4.32. The van der Waals surface area contributed by atoms with Crippen molar-refractivity contribution in [2.24, 2.45) is 5.92 Å². The molecule has 0 aliphatic carbocycles. The summed E-state index contributed by atoms with van der Waals surface area (Å²) in [7, 11) is 0. The first-order valence-corrected chi connectivity index (χ1v) is 11.8. The predicted molar refractivity (Wildman–Crippen MR) is 127 cm³/mol. The maximum atomic E-state index is 12.9. The van der Waals surface area contributed by atoms with Gasteiger partial charge in [-0.2, -0.15) is 0 Å². The van der Waals surface area contributed by atoms with Crippen molar-refractivity contribution < 1.29 is 29.0 Å². The van der Waals surface area contributed by atoms with E-state index in [1.165, 1.54) is 0 Å². The van der Waals surface area contributed by atoms with Crippen molar-refractivity contribution in [2.45, 2.75) is 38.1 Å². The predicted octanol–water partition coefficient (Wildman–Crippen LogP) is 2.57. The number of aromatic nitrogens is 1. The lowest BCUT2D eigenvalue weighted by Crippen LogP contribution is -2.44. The highest BCUT2D eigenvalue weighted by molar-refractivity contribution is 5.81. The van der Waals surface area contributed by atoms with Crippen molar-refractivity contribution in [3.8, 4) is 11.5 Å². The number of rotatable bonds is 10. The molecular weight excluding hydrogens is 452 g/mol. The van der Waals surface area contributed by atoms with Crippen LogP contribution >= 0.6 is 0 Å². The number of aliphatic carboxylic acids is 1. The highest BCUT2D eigenvalue weighted by Crippen LogP contribution is 2.35. The van der Waals surface area contributed by atoms with Gasteiger partial charge in [0.1, 0.15) is 5.82 Å². The van der Waals surface area contributed by atoms with E-state index in [0.29, 0.717) is 62.4 Å². The Balaban J connectivity index is 1.23. The van der Waals surface area contributed by atoms with E-state index >= 15 is 0 Å². The number of carbonyl (C=O) groups excluding carboxylic acids is 2. The average Bonchev–Trinajstić information content (AvgIpc) is 3.34. The Morgan fingerprint density at radius 1 is 1.11 bits per heavy atom. The summed E-state index contributed by atoms with van der Waals surface area (Å²) in [6, 6.07) is 10.1. The fourth-order valence-electron chi connectivity index (χ4n) is 4.32. The number of nitrogens with one attached hydrogen (secondary N) is 2. The van der Waals surface area contributed by atoms with Crippen molar-refractivity contribution in [1.29, 1.82) is 0 Å². The molecule has 4 rings (SSSR count). The minimum atomic E-state index is -1.01. The molecule has 186 valence electrons. The number of hydrogen-bond acceptors (Lipinski definition) is 7. The number of piperidine rings is 1. The Hall–Kier alpha value is -3.82. The molecule has 2 aromatic rings. The highest BCUT2D eigenvalue weighted by atomic mass is 16.7. The molecular formula is C25H30N4O6. The normalized spacial score (nSPS) is 15.9. The van der Waals surface area contributed by atoms with E-state index in [9.17, 15) is 19.5 Å². The molecule has 1 atom stereocenters. The van der Waals surface area contributed by atoms with Crippen LogP contribution in [0.4, 0.5) is 5.82 Å². The Morgan fingerprint density at radius 2 is 1.91 bits per heavy atom. The zero-order valence-corrected chi connectivity index (χ0v) is 19.4. The van der Waals surface area contributed by atoms with Gasteiger partial charge in [0.25, 0.3) is 0 Å². The van der Waals surface area contributed by atoms with Gasteiger partial charge >= 0.3 is 5.97 Å². The summed E-state index contributed by atoms with van der Waals surface area (Å²) < 4.78 is 10.7. The number of benzene rings is 1. The van der Waals surface area contributed by atoms with E-state index in [1.54, 1.807) is 29.3 Å². The fraction of sp³-hybridized carbons (Fsp3) is 0.440. The minimum Gasteiger partial charge on any atom is -0.481 e. The molecule has 2 amide bonds. The number of pyridine rings is 1. The molecule has 1 saturated heterocycles. The first-order chi connectivity index (χ1) is 17.0. The summed E-state index contributed by atoms with van der Waals surface area (Å²) in [6.07, 6.45) is 3.70. The van der Waals surface area contributed by atoms with Crippen molar-refractivity contribution >= 4 is 23.6 Å². The van der Waals surface area contributed by atoms with E-state index < -0.39 is 12.0 Å². The van der Waals surface area contributed by atoms with E-state index in [-0.39, 0.29) is 30.9 Å². The number of anilines is 1. The van der Waals surface area contributed by atoms with Crippen molar-refractivity contribution in [3.63, 3.8) is 0 Å². The van der Waals surface area contributed by atoms with Crippen LogP contribution in [0.25, 0.3) is 0 Å². The zero-order valence-electron chi connectivity index (χ0n) is 19.4. The smallest absolute Gasteiger partial charge is 0.305 e. The lowest BCUT2D eigenvalue weighted by molar-refractivity contribution is -0.139. The minimum absolute atomic E-state index is 0.0794. The molecule has 35 heavy (non-hydrogen) atoms. The second-order valence-electron chi connectivity index (χ2n) is 8.67. The number of amides is 2. The number of fused-ring (bicyclic) bond motifs is 1. The van der Waals surface area contributed by atoms with Crippen LogP contribution in [0.5, 0.6) is 11.5 Å². The highest BCUT2D eigenvalue weighted by Gasteiger charge is 2.29. The average molecular weight is 483 g/mol. The van der Waals surface area contributed by atoms with Crippen molar-refractivity contribution in [2.75, 3.05) is 31.7 Å². The van der Waals surface area contributed by atoms with Gasteiger partial charge in [-0.05, 0) is 49.1 Å². The Bertz CT molecular complexity index is 1040. The van der Waals surface area contributed by atoms with Crippen LogP contribution in [0.1, 0.15) is 43.7 Å². The summed E-state index contributed by atoms with van der Waals surface area (Å²) in [5.41, 5.74) is 0.650. The van der Waals surface area contributed by atoms with Gasteiger partial charge in [-0.3, -0.25) is 14.4 Å². The van der Waals surface area contributed by atoms with Crippen LogP contribution < -0.4 is 20.1 Å². The number of carboxylic acid groups (broad SMARTS) is 1. The van der Waals surface area contributed by atoms with Gasteiger partial charge in [0.05, 0.1) is 12.5 Å². The first kappa shape index (κ1) is 24.3. The molecule has 10 nitrogen and oxygen atoms in total. The summed E-state index contributed by atoms with van der Waals surface area (Å²) in [5.74, 6) is 0.527. The van der Waals surface area contributed by atoms with Gasteiger partial charge in [0, 0.05) is 38.2 Å². The summed E-state index contributed by atoms with van der Waals surface area (Å²) in [4.78, 5) is 42.9. The van der Waals surface area contributed by atoms with Crippen LogP contribution in [-0.2, 0) is 14.4 Å². The third-order valence-corrected chi connectivity index (χ3v) is 6.25. The molecule has 0 saturated carbocycles. The van der Waals surface area contributed by atoms with E-state index in [1.807, 2.05) is 18.2 Å². The van der Waals surface area contributed by atoms with Crippen LogP contribution in [-0.4, -0.2) is 59.2 Å². The third-order valence-electron chi connectivity index (χ3n) is 6.25. The second kappa shape index (κ2) is 11.5. The Kier molecular flexibility index (Phi) is 8.02. The summed E-state index contributed by atoms with van der Waals surface area (Å²) in [5, 5.41) is 15.4.